The minimum Gasteiger partial charge on any atom is -0.494 e. The molecule has 4 nitrogen and oxygen atoms in total. The van der Waals surface area contributed by atoms with E-state index in [1.54, 1.807) is 30.3 Å². The Morgan fingerprint density at radius 3 is 2.61 bits per heavy atom. The molecule has 0 aliphatic carbocycles. The van der Waals surface area contributed by atoms with Gasteiger partial charge >= 0.3 is 5.97 Å². The molecule has 0 saturated carbocycles. The zero-order valence-electron chi connectivity index (χ0n) is 10.2. The van der Waals surface area contributed by atoms with Gasteiger partial charge in [-0.3, -0.25) is 0 Å². The zero-order valence-corrected chi connectivity index (χ0v) is 10.2. The Morgan fingerprint density at radius 2 is 2.11 bits per heavy atom. The number of benzene rings is 1. The molecule has 1 aromatic rings. The highest BCUT2D eigenvalue weighted by Gasteiger charge is 2.05. The summed E-state index contributed by atoms with van der Waals surface area (Å²) in [7, 11) is 0. The molecule has 0 aliphatic rings. The van der Waals surface area contributed by atoms with Crippen molar-refractivity contribution in [1.82, 2.24) is 0 Å². The normalized spacial score (nSPS) is 10.8. The number of carboxylic acids is 1. The Morgan fingerprint density at radius 1 is 1.44 bits per heavy atom. The first kappa shape index (κ1) is 13.8. The lowest BCUT2D eigenvalue weighted by Crippen LogP contribution is -1.98. The van der Waals surface area contributed by atoms with Crippen LogP contribution in [-0.4, -0.2) is 17.7 Å². The molecular weight excluding hydrogens is 230 g/mol. The summed E-state index contributed by atoms with van der Waals surface area (Å²) in [5, 5.41) is 17.3. The van der Waals surface area contributed by atoms with Gasteiger partial charge in [0.2, 0.25) is 0 Å². The van der Waals surface area contributed by atoms with Crippen LogP contribution in [0.3, 0.4) is 0 Å². The van der Waals surface area contributed by atoms with E-state index in [1.165, 1.54) is 6.08 Å². The van der Waals surface area contributed by atoms with E-state index in [0.29, 0.717) is 12.2 Å². The second-order valence-corrected chi connectivity index (χ2v) is 3.75. The monoisotopic (exact) mass is 245 g/mol. The number of carboxylic acid groups (broad SMARTS) is 1. The Balaban J connectivity index is 2.71. The van der Waals surface area contributed by atoms with Crippen molar-refractivity contribution in [3.63, 3.8) is 0 Å². The van der Waals surface area contributed by atoms with Crippen LogP contribution in [-0.2, 0) is 4.79 Å². The van der Waals surface area contributed by atoms with Gasteiger partial charge in [0.1, 0.15) is 17.4 Å². The van der Waals surface area contributed by atoms with Crippen LogP contribution >= 0.6 is 0 Å². The summed E-state index contributed by atoms with van der Waals surface area (Å²) in [6.07, 6.45) is 3.41. The average molecular weight is 245 g/mol. The van der Waals surface area contributed by atoms with Crippen molar-refractivity contribution in [1.29, 1.82) is 5.26 Å². The summed E-state index contributed by atoms with van der Waals surface area (Å²) < 4.78 is 5.48. The summed E-state index contributed by atoms with van der Waals surface area (Å²) in [4.78, 5) is 10.7. The van der Waals surface area contributed by atoms with Gasteiger partial charge in [-0.15, -0.1) is 0 Å². The fraction of sp³-hybridized carbons (Fsp3) is 0.286. The Bertz CT molecular complexity index is 469. The van der Waals surface area contributed by atoms with Crippen LogP contribution in [0.5, 0.6) is 5.75 Å². The largest absolute Gasteiger partial charge is 0.494 e. The average Bonchev–Trinajstić information content (AvgIpc) is 2.37. The van der Waals surface area contributed by atoms with Gasteiger partial charge in [-0.05, 0) is 30.2 Å². The molecule has 1 rings (SSSR count). The Hall–Kier alpha value is -2.28. The molecule has 0 fully saturated rings. The van der Waals surface area contributed by atoms with Crippen LogP contribution < -0.4 is 4.74 Å². The molecule has 1 N–H and O–H groups in total. The second kappa shape index (κ2) is 7.13. The minimum atomic E-state index is -1.22. The van der Waals surface area contributed by atoms with Crippen LogP contribution in [0.15, 0.2) is 29.8 Å². The number of unbranched alkanes of at least 4 members (excludes halogenated alkanes) is 1. The van der Waals surface area contributed by atoms with Crippen molar-refractivity contribution in [2.24, 2.45) is 0 Å². The fourth-order valence-electron chi connectivity index (χ4n) is 1.30. The standard InChI is InChI=1S/C14H15NO3/c1-2-3-8-18-13-6-4-11(5-7-13)9-12(10-15)14(16)17/h4-7,9H,2-3,8H2,1H3,(H,16,17). The van der Waals surface area contributed by atoms with Gasteiger partial charge in [-0.1, -0.05) is 25.5 Å². The molecule has 0 atom stereocenters. The van der Waals surface area contributed by atoms with Gasteiger partial charge in [0.15, 0.2) is 0 Å². The zero-order chi connectivity index (χ0) is 13.4. The molecule has 0 spiro atoms. The number of aliphatic carboxylic acids is 1. The minimum absolute atomic E-state index is 0.283. The fourth-order valence-corrected chi connectivity index (χ4v) is 1.30. The van der Waals surface area contributed by atoms with Gasteiger partial charge < -0.3 is 9.84 Å². The van der Waals surface area contributed by atoms with Crippen molar-refractivity contribution in [2.75, 3.05) is 6.61 Å². The van der Waals surface area contributed by atoms with Crippen molar-refractivity contribution >= 4 is 12.0 Å². The molecule has 18 heavy (non-hydrogen) atoms. The van der Waals surface area contributed by atoms with E-state index in [9.17, 15) is 4.79 Å². The van der Waals surface area contributed by atoms with E-state index >= 15 is 0 Å². The summed E-state index contributed by atoms with van der Waals surface area (Å²) in [5.74, 6) is -0.477. The quantitative estimate of drug-likeness (QED) is 0.475. The SMILES string of the molecule is CCCCOc1ccc(C=C(C#N)C(=O)O)cc1. The van der Waals surface area contributed by atoms with E-state index < -0.39 is 5.97 Å². The van der Waals surface area contributed by atoms with E-state index in [-0.39, 0.29) is 5.57 Å². The molecule has 1 aromatic carbocycles. The third-order valence-electron chi connectivity index (χ3n) is 2.31. The first-order valence-corrected chi connectivity index (χ1v) is 5.75. The molecule has 0 radical (unpaired) electrons. The number of carbonyl (C=O) groups is 1. The van der Waals surface area contributed by atoms with E-state index in [1.807, 2.05) is 0 Å². The van der Waals surface area contributed by atoms with E-state index in [4.69, 9.17) is 15.1 Å². The Labute approximate surface area is 106 Å². The Kier molecular flexibility index (Phi) is 5.46. The van der Waals surface area contributed by atoms with Gasteiger partial charge in [-0.25, -0.2) is 4.79 Å². The van der Waals surface area contributed by atoms with Crippen LogP contribution in [0.25, 0.3) is 6.08 Å². The topological polar surface area (TPSA) is 70.3 Å². The third-order valence-corrected chi connectivity index (χ3v) is 2.31. The number of hydrogen-bond acceptors (Lipinski definition) is 3. The van der Waals surface area contributed by atoms with E-state index in [2.05, 4.69) is 6.92 Å². The molecule has 0 aliphatic heterocycles. The van der Waals surface area contributed by atoms with Crippen LogP contribution in [0.4, 0.5) is 0 Å². The highest BCUT2D eigenvalue weighted by Crippen LogP contribution is 2.15. The van der Waals surface area contributed by atoms with Crippen LogP contribution in [0.1, 0.15) is 25.3 Å². The van der Waals surface area contributed by atoms with E-state index in [0.717, 1.165) is 18.6 Å². The molecule has 0 heterocycles. The molecule has 0 aromatic heterocycles. The molecule has 94 valence electrons. The highest BCUT2D eigenvalue weighted by atomic mass is 16.5. The molecule has 0 unspecified atom stereocenters. The van der Waals surface area contributed by atoms with Gasteiger partial charge in [-0.2, -0.15) is 5.26 Å². The lowest BCUT2D eigenvalue weighted by molar-refractivity contribution is -0.132. The number of nitrogens with zero attached hydrogens (tertiary/aromatic N) is 1. The maximum Gasteiger partial charge on any atom is 0.346 e. The first-order chi connectivity index (χ1) is 8.67. The molecule has 0 amide bonds. The number of ether oxygens (including phenoxy) is 1. The summed E-state index contributed by atoms with van der Waals surface area (Å²) in [6.45, 7) is 2.76. The predicted octanol–water partition coefficient (Wildman–Crippen LogP) is 2.86. The maximum absolute atomic E-state index is 10.7. The van der Waals surface area contributed by atoms with Crippen molar-refractivity contribution in [3.8, 4) is 11.8 Å². The third kappa shape index (κ3) is 4.30. The highest BCUT2D eigenvalue weighted by molar-refractivity contribution is 5.96. The van der Waals surface area contributed by atoms with Crippen LogP contribution in [0, 0.1) is 11.3 Å². The molecular formula is C14H15NO3. The first-order valence-electron chi connectivity index (χ1n) is 5.75. The van der Waals surface area contributed by atoms with Gasteiger partial charge in [0.05, 0.1) is 6.61 Å². The second-order valence-electron chi connectivity index (χ2n) is 3.75. The van der Waals surface area contributed by atoms with Crippen molar-refractivity contribution < 1.29 is 14.6 Å². The van der Waals surface area contributed by atoms with Crippen molar-refractivity contribution in [2.45, 2.75) is 19.8 Å². The molecule has 0 saturated heterocycles. The predicted molar refractivity (Wildman–Crippen MR) is 68.1 cm³/mol. The lowest BCUT2D eigenvalue weighted by atomic mass is 10.1. The molecule has 4 heteroatoms. The lowest BCUT2D eigenvalue weighted by Gasteiger charge is -2.05. The summed E-state index contributed by atoms with van der Waals surface area (Å²) >= 11 is 0. The number of rotatable bonds is 6. The number of nitriles is 1. The van der Waals surface area contributed by atoms with Crippen molar-refractivity contribution in [3.05, 3.63) is 35.4 Å². The maximum atomic E-state index is 10.7. The number of hydrogen-bond donors (Lipinski definition) is 1. The van der Waals surface area contributed by atoms with Gasteiger partial charge in [0.25, 0.3) is 0 Å². The summed E-state index contributed by atoms with van der Waals surface area (Å²) in [6, 6.07) is 8.61. The summed E-state index contributed by atoms with van der Waals surface area (Å²) in [5.41, 5.74) is 0.381. The van der Waals surface area contributed by atoms with Crippen LogP contribution in [0.2, 0.25) is 0 Å². The van der Waals surface area contributed by atoms with Gasteiger partial charge in [0, 0.05) is 0 Å². The smallest absolute Gasteiger partial charge is 0.346 e. The molecule has 0 bridgehead atoms.